The second-order valence-electron chi connectivity index (χ2n) is 6.13. The standard InChI is InChI=1S/C19H23NO3/c1-13(2)10-18(21)20-17(19(22)23-3)12-14-8-9-15-6-4-5-7-16(15)11-14/h4-9,11,13,17H,10,12H2,1-3H3,(H,20,21)/t17-/m1/s1. The van der Waals surface area contributed by atoms with E-state index in [1.54, 1.807) is 0 Å². The number of carbonyl (C=O) groups excluding carboxylic acids is 2. The van der Waals surface area contributed by atoms with Gasteiger partial charge in [0, 0.05) is 12.8 Å². The van der Waals surface area contributed by atoms with Gasteiger partial charge in [0.15, 0.2) is 0 Å². The monoisotopic (exact) mass is 313 g/mol. The Morgan fingerprint density at radius 3 is 2.43 bits per heavy atom. The van der Waals surface area contributed by atoms with Crippen LogP contribution >= 0.6 is 0 Å². The Balaban J connectivity index is 2.15. The van der Waals surface area contributed by atoms with Gasteiger partial charge in [-0.15, -0.1) is 0 Å². The average molecular weight is 313 g/mol. The van der Waals surface area contributed by atoms with E-state index in [1.165, 1.54) is 7.11 Å². The first-order valence-electron chi connectivity index (χ1n) is 7.84. The molecule has 0 fully saturated rings. The number of methoxy groups -OCH3 is 1. The van der Waals surface area contributed by atoms with Gasteiger partial charge >= 0.3 is 5.97 Å². The quantitative estimate of drug-likeness (QED) is 0.834. The highest BCUT2D eigenvalue weighted by atomic mass is 16.5. The van der Waals surface area contributed by atoms with Gasteiger partial charge in [0.1, 0.15) is 6.04 Å². The third-order valence-corrected chi connectivity index (χ3v) is 3.67. The van der Waals surface area contributed by atoms with E-state index < -0.39 is 12.0 Å². The zero-order valence-electron chi connectivity index (χ0n) is 13.8. The zero-order chi connectivity index (χ0) is 16.8. The molecule has 0 unspecified atom stereocenters. The first-order valence-corrected chi connectivity index (χ1v) is 7.84. The molecule has 0 saturated carbocycles. The molecule has 1 amide bonds. The summed E-state index contributed by atoms with van der Waals surface area (Å²) in [7, 11) is 1.34. The second-order valence-corrected chi connectivity index (χ2v) is 6.13. The molecule has 0 aliphatic rings. The van der Waals surface area contributed by atoms with Crippen molar-refractivity contribution in [1.82, 2.24) is 5.32 Å². The van der Waals surface area contributed by atoms with Gasteiger partial charge in [-0.05, 0) is 22.3 Å². The second kappa shape index (κ2) is 7.77. The first kappa shape index (κ1) is 17.0. The Bertz CT molecular complexity index is 694. The van der Waals surface area contributed by atoms with Gasteiger partial charge in [-0.3, -0.25) is 4.79 Å². The van der Waals surface area contributed by atoms with Crippen molar-refractivity contribution in [2.75, 3.05) is 7.11 Å². The molecule has 4 nitrogen and oxygen atoms in total. The van der Waals surface area contributed by atoms with Gasteiger partial charge in [0.25, 0.3) is 0 Å². The van der Waals surface area contributed by atoms with E-state index in [9.17, 15) is 9.59 Å². The highest BCUT2D eigenvalue weighted by Crippen LogP contribution is 2.17. The van der Waals surface area contributed by atoms with E-state index in [2.05, 4.69) is 5.32 Å². The van der Waals surface area contributed by atoms with E-state index in [1.807, 2.05) is 56.3 Å². The normalized spacial score (nSPS) is 12.2. The molecule has 1 N–H and O–H groups in total. The largest absolute Gasteiger partial charge is 0.467 e. The predicted molar refractivity (Wildman–Crippen MR) is 91.1 cm³/mol. The fourth-order valence-electron chi connectivity index (χ4n) is 2.56. The molecule has 2 rings (SSSR count). The minimum absolute atomic E-state index is 0.129. The fourth-order valence-corrected chi connectivity index (χ4v) is 2.56. The number of amides is 1. The van der Waals surface area contributed by atoms with Crippen molar-refractivity contribution in [2.24, 2.45) is 5.92 Å². The number of carbonyl (C=O) groups is 2. The van der Waals surface area contributed by atoms with E-state index in [0.717, 1.165) is 16.3 Å². The van der Waals surface area contributed by atoms with Crippen LogP contribution in [0.4, 0.5) is 0 Å². The van der Waals surface area contributed by atoms with Crippen LogP contribution in [-0.2, 0) is 20.7 Å². The van der Waals surface area contributed by atoms with Crippen LogP contribution in [0, 0.1) is 5.92 Å². The highest BCUT2D eigenvalue weighted by Gasteiger charge is 2.22. The highest BCUT2D eigenvalue weighted by molar-refractivity contribution is 5.86. The summed E-state index contributed by atoms with van der Waals surface area (Å²) in [6.07, 6.45) is 0.812. The Morgan fingerprint density at radius 1 is 1.09 bits per heavy atom. The number of nitrogens with one attached hydrogen (secondary N) is 1. The van der Waals surface area contributed by atoms with Gasteiger partial charge < -0.3 is 10.1 Å². The first-order chi connectivity index (χ1) is 11.0. The Labute approximate surface area is 136 Å². The van der Waals surface area contributed by atoms with Crippen molar-refractivity contribution in [3.8, 4) is 0 Å². The number of hydrogen-bond donors (Lipinski definition) is 1. The molecule has 1 atom stereocenters. The molecular weight excluding hydrogens is 290 g/mol. The summed E-state index contributed by atoms with van der Waals surface area (Å²) < 4.78 is 4.82. The fraction of sp³-hybridized carbons (Fsp3) is 0.368. The van der Waals surface area contributed by atoms with Crippen LogP contribution in [0.3, 0.4) is 0 Å². The molecule has 4 heteroatoms. The van der Waals surface area contributed by atoms with Crippen LogP contribution in [0.2, 0.25) is 0 Å². The summed E-state index contributed by atoms with van der Waals surface area (Å²) in [5.41, 5.74) is 0.990. The van der Waals surface area contributed by atoms with Crippen LogP contribution in [0.25, 0.3) is 10.8 Å². The molecule has 0 saturated heterocycles. The van der Waals surface area contributed by atoms with Crippen molar-refractivity contribution in [2.45, 2.75) is 32.7 Å². The number of fused-ring (bicyclic) bond motifs is 1. The summed E-state index contributed by atoms with van der Waals surface area (Å²) in [4.78, 5) is 23.9. The van der Waals surface area contributed by atoms with E-state index in [-0.39, 0.29) is 11.8 Å². The van der Waals surface area contributed by atoms with Crippen LogP contribution in [0.5, 0.6) is 0 Å². The molecule has 122 valence electrons. The predicted octanol–water partition coefficient (Wildman–Crippen LogP) is 3.09. The molecule has 0 heterocycles. The zero-order valence-corrected chi connectivity index (χ0v) is 13.8. The Morgan fingerprint density at radius 2 is 1.78 bits per heavy atom. The third-order valence-electron chi connectivity index (χ3n) is 3.67. The maximum Gasteiger partial charge on any atom is 0.328 e. The number of esters is 1. The van der Waals surface area contributed by atoms with Crippen LogP contribution in [-0.4, -0.2) is 25.0 Å². The summed E-state index contributed by atoms with van der Waals surface area (Å²) in [5.74, 6) is -0.305. The number of benzene rings is 2. The lowest BCUT2D eigenvalue weighted by atomic mass is 10.0. The molecule has 23 heavy (non-hydrogen) atoms. The van der Waals surface area contributed by atoms with Gasteiger partial charge in [0.2, 0.25) is 5.91 Å². The van der Waals surface area contributed by atoms with Crippen molar-refractivity contribution in [1.29, 1.82) is 0 Å². The SMILES string of the molecule is COC(=O)[C@@H](Cc1ccc2ccccc2c1)NC(=O)CC(C)C. The molecule has 0 aliphatic heterocycles. The number of rotatable bonds is 6. The van der Waals surface area contributed by atoms with Crippen molar-refractivity contribution in [3.63, 3.8) is 0 Å². The van der Waals surface area contributed by atoms with E-state index >= 15 is 0 Å². The number of ether oxygens (including phenoxy) is 1. The van der Waals surface area contributed by atoms with E-state index in [0.29, 0.717) is 12.8 Å². The topological polar surface area (TPSA) is 55.4 Å². The molecule has 0 radical (unpaired) electrons. The van der Waals surface area contributed by atoms with Gasteiger partial charge in [-0.25, -0.2) is 4.79 Å². The Hall–Kier alpha value is -2.36. The van der Waals surface area contributed by atoms with Gasteiger partial charge in [-0.2, -0.15) is 0 Å². The lowest BCUT2D eigenvalue weighted by Gasteiger charge is -2.17. The van der Waals surface area contributed by atoms with Crippen LogP contribution < -0.4 is 5.32 Å². The maximum atomic E-state index is 12.0. The van der Waals surface area contributed by atoms with Crippen LogP contribution in [0.15, 0.2) is 42.5 Å². The van der Waals surface area contributed by atoms with Gasteiger partial charge in [0.05, 0.1) is 7.11 Å². The minimum Gasteiger partial charge on any atom is -0.467 e. The summed E-state index contributed by atoms with van der Waals surface area (Å²) in [6, 6.07) is 13.4. The van der Waals surface area contributed by atoms with Gasteiger partial charge in [-0.1, -0.05) is 56.3 Å². The maximum absolute atomic E-state index is 12.0. The third kappa shape index (κ3) is 4.81. The van der Waals surface area contributed by atoms with Crippen molar-refractivity contribution < 1.29 is 14.3 Å². The average Bonchev–Trinajstić information content (AvgIpc) is 2.52. The molecule has 0 bridgehead atoms. The lowest BCUT2D eigenvalue weighted by molar-refractivity contribution is -0.145. The van der Waals surface area contributed by atoms with Crippen molar-refractivity contribution >= 4 is 22.6 Å². The summed E-state index contributed by atoms with van der Waals surface area (Å²) >= 11 is 0. The van der Waals surface area contributed by atoms with E-state index in [4.69, 9.17) is 4.74 Å². The Kier molecular flexibility index (Phi) is 5.74. The molecule has 0 aromatic heterocycles. The summed E-state index contributed by atoms with van der Waals surface area (Å²) in [6.45, 7) is 3.94. The smallest absolute Gasteiger partial charge is 0.328 e. The van der Waals surface area contributed by atoms with Crippen molar-refractivity contribution in [3.05, 3.63) is 48.0 Å². The molecule has 0 spiro atoms. The minimum atomic E-state index is -0.660. The molecular formula is C19H23NO3. The molecule has 2 aromatic rings. The molecule has 2 aromatic carbocycles. The summed E-state index contributed by atoms with van der Waals surface area (Å²) in [5, 5.41) is 5.04. The number of hydrogen-bond acceptors (Lipinski definition) is 3. The van der Waals surface area contributed by atoms with Crippen LogP contribution in [0.1, 0.15) is 25.8 Å². The lowest BCUT2D eigenvalue weighted by Crippen LogP contribution is -2.43. The molecule has 0 aliphatic carbocycles.